The van der Waals surface area contributed by atoms with E-state index in [1.807, 2.05) is 31.2 Å². The van der Waals surface area contributed by atoms with E-state index >= 15 is 0 Å². The molecule has 0 atom stereocenters. The highest BCUT2D eigenvalue weighted by atomic mass is 19.1. The van der Waals surface area contributed by atoms with Crippen LogP contribution in [-0.2, 0) is 11.2 Å². The molecule has 0 fully saturated rings. The summed E-state index contributed by atoms with van der Waals surface area (Å²) in [6.45, 7) is 5.57. The zero-order chi connectivity index (χ0) is 17.3. The third-order valence-electron chi connectivity index (χ3n) is 3.97. The number of aromatic nitrogens is 1. The van der Waals surface area contributed by atoms with Crippen molar-refractivity contribution in [3.63, 3.8) is 0 Å². The number of carbonyl (C=O) groups excluding carboxylic acids is 1. The van der Waals surface area contributed by atoms with Gasteiger partial charge in [-0.15, -0.1) is 0 Å². The lowest BCUT2D eigenvalue weighted by atomic mass is 10.0. The number of ketones is 1. The van der Waals surface area contributed by atoms with Crippen LogP contribution < -0.4 is 5.32 Å². The molecular weight excluding hydrogens is 307 g/mol. The van der Waals surface area contributed by atoms with Gasteiger partial charge in [-0.05, 0) is 30.2 Å². The maximum atomic E-state index is 14.6. The first-order valence-electron chi connectivity index (χ1n) is 7.89. The van der Waals surface area contributed by atoms with Crippen LogP contribution in [0.2, 0.25) is 0 Å². The predicted molar refractivity (Wildman–Crippen MR) is 92.0 cm³/mol. The van der Waals surface area contributed by atoms with E-state index in [9.17, 15) is 9.18 Å². The van der Waals surface area contributed by atoms with Gasteiger partial charge in [0.15, 0.2) is 11.4 Å². The van der Waals surface area contributed by atoms with Crippen LogP contribution >= 0.6 is 0 Å². The Morgan fingerprint density at radius 3 is 2.71 bits per heavy atom. The minimum absolute atomic E-state index is 0.00831. The molecule has 0 aliphatic rings. The number of benzene rings is 2. The van der Waals surface area contributed by atoms with Crippen LogP contribution in [0.4, 0.5) is 16.1 Å². The average Bonchev–Trinajstić information content (AvgIpc) is 2.96. The first-order valence-corrected chi connectivity index (χ1v) is 7.89. The van der Waals surface area contributed by atoms with Crippen LogP contribution in [-0.4, -0.2) is 10.8 Å². The van der Waals surface area contributed by atoms with E-state index in [0.29, 0.717) is 11.1 Å². The molecule has 0 saturated carbocycles. The monoisotopic (exact) mass is 326 g/mol. The molecule has 4 nitrogen and oxygen atoms in total. The van der Waals surface area contributed by atoms with Crippen LogP contribution in [0.3, 0.4) is 0 Å². The fraction of sp³-hybridized carbons (Fsp3) is 0.263. The van der Waals surface area contributed by atoms with Crippen LogP contribution in [0.25, 0.3) is 11.1 Å². The zero-order valence-electron chi connectivity index (χ0n) is 13.9. The summed E-state index contributed by atoms with van der Waals surface area (Å²) in [6, 6.07) is 11.2. The van der Waals surface area contributed by atoms with Crippen molar-refractivity contribution in [2.75, 3.05) is 5.32 Å². The number of nitrogens with one attached hydrogen (secondary N) is 1. The Kier molecular flexibility index (Phi) is 4.34. The minimum Gasteiger partial charge on any atom is -0.420 e. The van der Waals surface area contributed by atoms with Crippen LogP contribution in [0.15, 0.2) is 40.8 Å². The standard InChI is InChI=1S/C19H19FN2O2/c1-11(2)16(23)10-13-8-9-15-18(17(13)20)24-19(22-15)21-14-7-5-4-6-12(14)3/h4-9,11H,10H2,1-3H3,(H,21,22). The quantitative estimate of drug-likeness (QED) is 0.732. The third kappa shape index (κ3) is 3.15. The lowest BCUT2D eigenvalue weighted by Gasteiger charge is -2.05. The lowest BCUT2D eigenvalue weighted by Crippen LogP contribution is -2.11. The normalized spacial score (nSPS) is 11.2. The van der Waals surface area contributed by atoms with Gasteiger partial charge in [0.25, 0.3) is 6.01 Å². The molecule has 0 aliphatic carbocycles. The van der Waals surface area contributed by atoms with Crippen molar-refractivity contribution in [1.29, 1.82) is 0 Å². The number of hydrogen-bond acceptors (Lipinski definition) is 4. The van der Waals surface area contributed by atoms with Crippen molar-refractivity contribution in [3.8, 4) is 0 Å². The summed E-state index contributed by atoms with van der Waals surface area (Å²) in [5, 5.41) is 3.06. The first-order chi connectivity index (χ1) is 11.5. The molecule has 24 heavy (non-hydrogen) atoms. The van der Waals surface area contributed by atoms with Gasteiger partial charge in [-0.1, -0.05) is 38.1 Å². The molecule has 2 aromatic carbocycles. The molecule has 0 aliphatic heterocycles. The van der Waals surface area contributed by atoms with E-state index in [2.05, 4.69) is 10.3 Å². The number of Topliss-reactive ketones (excluding diaryl/α,β-unsaturated/α-hetero) is 1. The molecule has 0 spiro atoms. The summed E-state index contributed by atoms with van der Waals surface area (Å²) in [5.41, 5.74) is 2.70. The molecule has 3 aromatic rings. The van der Waals surface area contributed by atoms with Gasteiger partial charge in [0.1, 0.15) is 11.3 Å². The van der Waals surface area contributed by atoms with Crippen LogP contribution in [0.5, 0.6) is 0 Å². The maximum absolute atomic E-state index is 14.6. The summed E-state index contributed by atoms with van der Waals surface area (Å²) >= 11 is 0. The Bertz CT molecular complexity index is 900. The van der Waals surface area contributed by atoms with E-state index < -0.39 is 5.82 Å². The van der Waals surface area contributed by atoms with Gasteiger partial charge in [-0.3, -0.25) is 4.79 Å². The molecule has 1 aromatic heterocycles. The Hall–Kier alpha value is -2.69. The molecule has 5 heteroatoms. The highest BCUT2D eigenvalue weighted by Gasteiger charge is 2.17. The van der Waals surface area contributed by atoms with Crippen molar-refractivity contribution in [2.45, 2.75) is 27.2 Å². The SMILES string of the molecule is Cc1ccccc1Nc1nc2ccc(CC(=O)C(C)C)c(F)c2o1. The number of aryl methyl sites for hydroxylation is 1. The molecule has 1 N–H and O–H groups in total. The molecule has 0 radical (unpaired) electrons. The summed E-state index contributed by atoms with van der Waals surface area (Å²) in [6.07, 6.45) is 0.0562. The molecular formula is C19H19FN2O2. The van der Waals surface area contributed by atoms with E-state index in [0.717, 1.165) is 11.3 Å². The molecule has 1 heterocycles. The van der Waals surface area contributed by atoms with Crippen LogP contribution in [0.1, 0.15) is 25.0 Å². The second-order valence-corrected chi connectivity index (χ2v) is 6.14. The largest absolute Gasteiger partial charge is 0.420 e. The van der Waals surface area contributed by atoms with Crippen molar-refractivity contribution in [3.05, 3.63) is 53.3 Å². The summed E-state index contributed by atoms with van der Waals surface area (Å²) in [4.78, 5) is 16.1. The molecule has 0 bridgehead atoms. The highest BCUT2D eigenvalue weighted by Crippen LogP contribution is 2.27. The second-order valence-electron chi connectivity index (χ2n) is 6.14. The second kappa shape index (κ2) is 6.43. The molecule has 0 unspecified atom stereocenters. The van der Waals surface area contributed by atoms with Gasteiger partial charge in [-0.25, -0.2) is 4.39 Å². The van der Waals surface area contributed by atoms with Gasteiger partial charge in [0, 0.05) is 18.0 Å². The predicted octanol–water partition coefficient (Wildman–Crippen LogP) is 4.79. The third-order valence-corrected chi connectivity index (χ3v) is 3.97. The van der Waals surface area contributed by atoms with Gasteiger partial charge in [0.2, 0.25) is 0 Å². The number of carbonyl (C=O) groups is 1. The van der Waals surface area contributed by atoms with Gasteiger partial charge >= 0.3 is 0 Å². The first kappa shape index (κ1) is 16.2. The van der Waals surface area contributed by atoms with E-state index in [-0.39, 0.29) is 29.7 Å². The van der Waals surface area contributed by atoms with Crippen LogP contribution in [0, 0.1) is 18.7 Å². The molecule has 0 saturated heterocycles. The van der Waals surface area contributed by atoms with Crippen molar-refractivity contribution in [2.24, 2.45) is 5.92 Å². The fourth-order valence-electron chi connectivity index (χ4n) is 2.41. The Labute approximate surface area is 139 Å². The summed E-state index contributed by atoms with van der Waals surface area (Å²) in [5.74, 6) is -0.661. The van der Waals surface area contributed by atoms with E-state index in [1.165, 1.54) is 0 Å². The number of hydrogen-bond donors (Lipinski definition) is 1. The Morgan fingerprint density at radius 1 is 1.25 bits per heavy atom. The number of anilines is 2. The van der Waals surface area contributed by atoms with Gasteiger partial charge in [0.05, 0.1) is 0 Å². The smallest absolute Gasteiger partial charge is 0.300 e. The molecule has 0 amide bonds. The number of fused-ring (bicyclic) bond motifs is 1. The lowest BCUT2D eigenvalue weighted by molar-refractivity contribution is -0.121. The van der Waals surface area contributed by atoms with Gasteiger partial charge in [-0.2, -0.15) is 4.98 Å². The summed E-state index contributed by atoms with van der Waals surface area (Å²) in [7, 11) is 0. The van der Waals surface area contributed by atoms with Crippen molar-refractivity contribution >= 4 is 28.6 Å². The number of rotatable bonds is 5. The molecule has 124 valence electrons. The summed E-state index contributed by atoms with van der Waals surface area (Å²) < 4.78 is 20.1. The van der Waals surface area contributed by atoms with Crippen molar-refractivity contribution < 1.29 is 13.6 Å². The minimum atomic E-state index is -0.521. The Balaban J connectivity index is 1.92. The maximum Gasteiger partial charge on any atom is 0.300 e. The number of nitrogens with zero attached hydrogens (tertiary/aromatic N) is 1. The number of oxazole rings is 1. The van der Waals surface area contributed by atoms with Crippen molar-refractivity contribution in [1.82, 2.24) is 4.98 Å². The van der Waals surface area contributed by atoms with E-state index in [1.54, 1.807) is 26.0 Å². The number of halogens is 1. The zero-order valence-corrected chi connectivity index (χ0v) is 13.9. The Morgan fingerprint density at radius 2 is 2.00 bits per heavy atom. The van der Waals surface area contributed by atoms with Gasteiger partial charge < -0.3 is 9.73 Å². The average molecular weight is 326 g/mol. The van der Waals surface area contributed by atoms with E-state index in [4.69, 9.17) is 4.42 Å². The topological polar surface area (TPSA) is 55.1 Å². The number of para-hydroxylation sites is 1. The molecule has 3 rings (SSSR count). The fourth-order valence-corrected chi connectivity index (χ4v) is 2.41. The highest BCUT2D eigenvalue weighted by molar-refractivity contribution is 5.84.